The summed E-state index contributed by atoms with van der Waals surface area (Å²) in [5, 5.41) is 23.6. The highest BCUT2D eigenvalue weighted by Crippen LogP contribution is 2.24. The van der Waals surface area contributed by atoms with E-state index in [-0.39, 0.29) is 12.1 Å². The topological polar surface area (TPSA) is 85.2 Å². The van der Waals surface area contributed by atoms with Gasteiger partial charge >= 0.3 is 6.03 Å². The number of carbonyl (C=O) groups is 1. The smallest absolute Gasteiger partial charge is 0.319 e. The van der Waals surface area contributed by atoms with Crippen LogP contribution in [-0.2, 0) is 0 Å². The lowest BCUT2D eigenvalue weighted by Crippen LogP contribution is -2.32. The van der Waals surface area contributed by atoms with Gasteiger partial charge in [-0.15, -0.1) is 0 Å². The van der Waals surface area contributed by atoms with Gasteiger partial charge in [-0.25, -0.2) is 4.79 Å². The quantitative estimate of drug-likeness (QED) is 0.774. The van der Waals surface area contributed by atoms with Crippen molar-refractivity contribution in [3.05, 3.63) is 29.8 Å². The van der Waals surface area contributed by atoms with Crippen LogP contribution in [0.15, 0.2) is 24.3 Å². The molecule has 0 aromatic heterocycles. The van der Waals surface area contributed by atoms with Gasteiger partial charge in [0, 0.05) is 12.2 Å². The molecule has 5 nitrogen and oxygen atoms in total. The number of rotatable bonds is 3. The number of nitrogens with zero attached hydrogens (tertiary/aromatic N) is 1. The molecule has 1 saturated carbocycles. The number of hydrogen-bond acceptors (Lipinski definition) is 3. The fourth-order valence-corrected chi connectivity index (χ4v) is 2.27. The van der Waals surface area contributed by atoms with Crippen molar-refractivity contribution in [2.45, 2.75) is 25.4 Å². The number of aliphatic hydroxyl groups excluding tert-OH is 1. The Morgan fingerprint density at radius 3 is 2.68 bits per heavy atom. The zero-order valence-corrected chi connectivity index (χ0v) is 10.6. The Bertz CT molecular complexity index is 478. The molecule has 19 heavy (non-hydrogen) atoms. The van der Waals surface area contributed by atoms with Crippen molar-refractivity contribution >= 4 is 11.7 Å². The molecule has 0 spiro atoms. The van der Waals surface area contributed by atoms with Crippen LogP contribution in [-0.4, -0.2) is 23.8 Å². The van der Waals surface area contributed by atoms with Crippen LogP contribution in [0.25, 0.3) is 0 Å². The first-order valence-corrected chi connectivity index (χ1v) is 6.40. The number of carbonyl (C=O) groups excluding carboxylic acids is 1. The van der Waals surface area contributed by atoms with Crippen molar-refractivity contribution in [1.29, 1.82) is 5.26 Å². The van der Waals surface area contributed by atoms with Crippen molar-refractivity contribution in [2.24, 2.45) is 5.92 Å². The standard InChI is InChI=1S/C14H17N3O2/c15-8-10-1-4-12(5-2-10)17-14(19)16-9-11-3-6-13(18)7-11/h1-2,4-5,11,13,18H,3,6-7,9H2,(H2,16,17,19). The summed E-state index contributed by atoms with van der Waals surface area (Å²) in [5.41, 5.74) is 1.22. The van der Waals surface area contributed by atoms with E-state index in [9.17, 15) is 9.90 Å². The molecule has 5 heteroatoms. The number of nitriles is 1. The van der Waals surface area contributed by atoms with Gasteiger partial charge in [-0.3, -0.25) is 0 Å². The molecule has 2 amide bonds. The molecule has 1 aliphatic carbocycles. The van der Waals surface area contributed by atoms with E-state index in [0.717, 1.165) is 19.3 Å². The van der Waals surface area contributed by atoms with Crippen molar-refractivity contribution in [3.8, 4) is 6.07 Å². The number of amides is 2. The third-order valence-corrected chi connectivity index (χ3v) is 3.34. The average Bonchev–Trinajstić information content (AvgIpc) is 2.83. The molecule has 1 aromatic rings. The summed E-state index contributed by atoms with van der Waals surface area (Å²) in [4.78, 5) is 11.7. The van der Waals surface area contributed by atoms with Gasteiger partial charge in [0.05, 0.1) is 17.7 Å². The Kier molecular flexibility index (Phi) is 4.37. The van der Waals surface area contributed by atoms with E-state index in [0.29, 0.717) is 23.7 Å². The van der Waals surface area contributed by atoms with E-state index in [1.165, 1.54) is 0 Å². The van der Waals surface area contributed by atoms with Crippen molar-refractivity contribution in [1.82, 2.24) is 5.32 Å². The number of aliphatic hydroxyl groups is 1. The van der Waals surface area contributed by atoms with E-state index in [2.05, 4.69) is 10.6 Å². The summed E-state index contributed by atoms with van der Waals surface area (Å²) in [5.74, 6) is 0.363. The van der Waals surface area contributed by atoms with Gasteiger partial charge in [-0.1, -0.05) is 0 Å². The Hall–Kier alpha value is -2.06. The Morgan fingerprint density at radius 2 is 2.11 bits per heavy atom. The van der Waals surface area contributed by atoms with Crippen LogP contribution < -0.4 is 10.6 Å². The summed E-state index contributed by atoms with van der Waals surface area (Å²) >= 11 is 0. The van der Waals surface area contributed by atoms with Crippen LogP contribution in [0.4, 0.5) is 10.5 Å². The number of urea groups is 1. The Morgan fingerprint density at radius 1 is 1.37 bits per heavy atom. The molecular weight excluding hydrogens is 242 g/mol. The minimum Gasteiger partial charge on any atom is -0.393 e. The lowest BCUT2D eigenvalue weighted by atomic mass is 10.1. The Labute approximate surface area is 112 Å². The molecule has 0 radical (unpaired) electrons. The SMILES string of the molecule is N#Cc1ccc(NC(=O)NCC2CCC(O)C2)cc1. The summed E-state index contributed by atoms with van der Waals surface area (Å²) in [6, 6.07) is 8.46. The summed E-state index contributed by atoms with van der Waals surface area (Å²) in [6.07, 6.45) is 2.33. The van der Waals surface area contributed by atoms with Crippen LogP contribution in [0.3, 0.4) is 0 Å². The predicted octanol–water partition coefficient (Wildman–Crippen LogP) is 1.84. The van der Waals surface area contributed by atoms with Gasteiger partial charge in [0.2, 0.25) is 0 Å². The molecule has 2 unspecified atom stereocenters. The molecule has 0 saturated heterocycles. The largest absolute Gasteiger partial charge is 0.393 e. The maximum Gasteiger partial charge on any atom is 0.319 e. The molecule has 3 N–H and O–H groups in total. The van der Waals surface area contributed by atoms with Gasteiger partial charge in [-0.2, -0.15) is 5.26 Å². The first-order chi connectivity index (χ1) is 9.17. The second-order valence-corrected chi connectivity index (χ2v) is 4.86. The molecule has 2 atom stereocenters. The van der Waals surface area contributed by atoms with Gasteiger partial charge in [0.1, 0.15) is 0 Å². The van der Waals surface area contributed by atoms with Gasteiger partial charge < -0.3 is 15.7 Å². The molecule has 1 fully saturated rings. The fourth-order valence-electron chi connectivity index (χ4n) is 2.27. The van der Waals surface area contributed by atoms with Crippen molar-refractivity contribution in [2.75, 3.05) is 11.9 Å². The van der Waals surface area contributed by atoms with Crippen LogP contribution in [0.2, 0.25) is 0 Å². The molecule has 1 aromatic carbocycles. The normalized spacial score (nSPS) is 21.7. The summed E-state index contributed by atoms with van der Waals surface area (Å²) in [6.45, 7) is 0.583. The highest BCUT2D eigenvalue weighted by molar-refractivity contribution is 5.89. The molecule has 0 heterocycles. The second kappa shape index (κ2) is 6.21. The monoisotopic (exact) mass is 259 g/mol. The van der Waals surface area contributed by atoms with Crippen LogP contribution in [0, 0.1) is 17.2 Å². The first kappa shape index (κ1) is 13.4. The zero-order valence-electron chi connectivity index (χ0n) is 10.6. The van der Waals surface area contributed by atoms with E-state index in [1.54, 1.807) is 24.3 Å². The minimum absolute atomic E-state index is 0.214. The molecule has 1 aliphatic rings. The first-order valence-electron chi connectivity index (χ1n) is 6.40. The summed E-state index contributed by atoms with van der Waals surface area (Å²) in [7, 11) is 0. The number of anilines is 1. The second-order valence-electron chi connectivity index (χ2n) is 4.86. The lowest BCUT2D eigenvalue weighted by Gasteiger charge is -2.11. The minimum atomic E-state index is -0.258. The van der Waals surface area contributed by atoms with Crippen LogP contribution >= 0.6 is 0 Å². The Balaban J connectivity index is 1.76. The van der Waals surface area contributed by atoms with Crippen molar-refractivity contribution < 1.29 is 9.90 Å². The highest BCUT2D eigenvalue weighted by Gasteiger charge is 2.22. The molecular formula is C14H17N3O2. The molecule has 0 bridgehead atoms. The zero-order chi connectivity index (χ0) is 13.7. The third-order valence-electron chi connectivity index (χ3n) is 3.34. The lowest BCUT2D eigenvalue weighted by molar-refractivity contribution is 0.177. The molecule has 100 valence electrons. The van der Waals surface area contributed by atoms with E-state index in [4.69, 9.17) is 5.26 Å². The molecule has 2 rings (SSSR count). The van der Waals surface area contributed by atoms with E-state index < -0.39 is 0 Å². The molecule has 0 aliphatic heterocycles. The van der Waals surface area contributed by atoms with Crippen LogP contribution in [0.5, 0.6) is 0 Å². The van der Waals surface area contributed by atoms with E-state index >= 15 is 0 Å². The van der Waals surface area contributed by atoms with Gasteiger partial charge in [-0.05, 0) is 49.4 Å². The van der Waals surface area contributed by atoms with E-state index in [1.807, 2.05) is 6.07 Å². The number of benzene rings is 1. The number of hydrogen-bond donors (Lipinski definition) is 3. The van der Waals surface area contributed by atoms with Crippen LogP contribution in [0.1, 0.15) is 24.8 Å². The van der Waals surface area contributed by atoms with Gasteiger partial charge in [0.15, 0.2) is 0 Å². The van der Waals surface area contributed by atoms with Crippen molar-refractivity contribution in [3.63, 3.8) is 0 Å². The number of nitrogens with one attached hydrogen (secondary N) is 2. The van der Waals surface area contributed by atoms with Gasteiger partial charge in [0.25, 0.3) is 0 Å². The maximum atomic E-state index is 11.7. The predicted molar refractivity (Wildman–Crippen MR) is 71.5 cm³/mol. The fraction of sp³-hybridized carbons (Fsp3) is 0.429. The third kappa shape index (κ3) is 3.97. The summed E-state index contributed by atoms with van der Waals surface area (Å²) < 4.78 is 0. The highest BCUT2D eigenvalue weighted by atomic mass is 16.3. The average molecular weight is 259 g/mol. The maximum absolute atomic E-state index is 11.7.